The smallest absolute Gasteiger partial charge is 0.410 e. The third kappa shape index (κ3) is 3.85. The topological polar surface area (TPSA) is 61.9 Å². The zero-order chi connectivity index (χ0) is 14.8. The number of hydrogen-bond acceptors (Lipinski definition) is 4. The summed E-state index contributed by atoms with van der Waals surface area (Å²) in [6, 6.07) is -0.0249. The van der Waals surface area contributed by atoms with Crippen molar-refractivity contribution >= 4 is 12.0 Å². The molecule has 0 bridgehead atoms. The molecule has 2 fully saturated rings. The van der Waals surface area contributed by atoms with E-state index in [1.165, 1.54) is 0 Å². The van der Waals surface area contributed by atoms with Gasteiger partial charge >= 0.3 is 6.09 Å². The van der Waals surface area contributed by atoms with Crippen molar-refractivity contribution in [3.05, 3.63) is 0 Å². The number of piperazine rings is 1. The molecule has 0 spiro atoms. The van der Waals surface area contributed by atoms with E-state index in [-0.39, 0.29) is 18.0 Å². The van der Waals surface area contributed by atoms with Gasteiger partial charge in [-0.1, -0.05) is 0 Å². The third-order valence-electron chi connectivity index (χ3n) is 3.60. The van der Waals surface area contributed by atoms with E-state index in [4.69, 9.17) is 4.74 Å². The van der Waals surface area contributed by atoms with Gasteiger partial charge in [-0.05, 0) is 40.2 Å². The van der Waals surface area contributed by atoms with Gasteiger partial charge in [0.25, 0.3) is 0 Å². The molecule has 1 atom stereocenters. The van der Waals surface area contributed by atoms with Crippen molar-refractivity contribution in [1.82, 2.24) is 15.1 Å². The Kier molecular flexibility index (Phi) is 4.52. The first-order valence-corrected chi connectivity index (χ1v) is 7.37. The average molecular weight is 283 g/mol. The Labute approximate surface area is 120 Å². The molecule has 2 saturated heterocycles. The molecule has 20 heavy (non-hydrogen) atoms. The van der Waals surface area contributed by atoms with Crippen molar-refractivity contribution in [3.63, 3.8) is 0 Å². The van der Waals surface area contributed by atoms with Gasteiger partial charge in [-0.25, -0.2) is 4.79 Å². The predicted octanol–water partition coefficient (Wildman–Crippen LogP) is 0.818. The van der Waals surface area contributed by atoms with E-state index in [9.17, 15) is 9.59 Å². The molecule has 2 amide bonds. The first-order chi connectivity index (χ1) is 9.37. The molecule has 6 nitrogen and oxygen atoms in total. The lowest BCUT2D eigenvalue weighted by atomic mass is 10.2. The summed E-state index contributed by atoms with van der Waals surface area (Å²) in [7, 11) is 0. The SMILES string of the molecule is CC(C)(C)OC(=O)N1CCN(C(=O)C2CCCN2)CC1. The van der Waals surface area contributed by atoms with Crippen molar-refractivity contribution in [1.29, 1.82) is 0 Å². The van der Waals surface area contributed by atoms with Gasteiger partial charge in [0.1, 0.15) is 5.60 Å². The second kappa shape index (κ2) is 5.99. The first kappa shape index (κ1) is 15.1. The second-order valence-corrected chi connectivity index (χ2v) is 6.44. The summed E-state index contributed by atoms with van der Waals surface area (Å²) in [5.74, 6) is 0.173. The van der Waals surface area contributed by atoms with Gasteiger partial charge in [0, 0.05) is 26.2 Å². The fourth-order valence-electron chi connectivity index (χ4n) is 2.55. The highest BCUT2D eigenvalue weighted by molar-refractivity contribution is 5.82. The number of amides is 2. The van der Waals surface area contributed by atoms with Crippen LogP contribution in [-0.2, 0) is 9.53 Å². The maximum Gasteiger partial charge on any atom is 0.410 e. The molecule has 1 unspecified atom stereocenters. The molecule has 0 aromatic heterocycles. The minimum Gasteiger partial charge on any atom is -0.444 e. The highest BCUT2D eigenvalue weighted by Gasteiger charge is 2.31. The molecule has 0 saturated carbocycles. The van der Waals surface area contributed by atoms with Crippen LogP contribution in [0.3, 0.4) is 0 Å². The van der Waals surface area contributed by atoms with Gasteiger partial charge < -0.3 is 19.9 Å². The summed E-state index contributed by atoms with van der Waals surface area (Å²) in [6.45, 7) is 8.78. The molecule has 2 rings (SSSR count). The van der Waals surface area contributed by atoms with Crippen LogP contribution in [0.15, 0.2) is 0 Å². The van der Waals surface area contributed by atoms with Crippen LogP contribution in [0, 0.1) is 0 Å². The maximum atomic E-state index is 12.2. The van der Waals surface area contributed by atoms with Crippen LogP contribution in [0.5, 0.6) is 0 Å². The molecule has 0 aliphatic carbocycles. The molecule has 0 aromatic rings. The average Bonchev–Trinajstić information content (AvgIpc) is 2.90. The lowest BCUT2D eigenvalue weighted by molar-refractivity contribution is -0.134. The van der Waals surface area contributed by atoms with Crippen molar-refractivity contribution in [3.8, 4) is 0 Å². The maximum absolute atomic E-state index is 12.2. The molecule has 114 valence electrons. The zero-order valence-corrected chi connectivity index (χ0v) is 12.6. The normalized spacial score (nSPS) is 23.9. The van der Waals surface area contributed by atoms with Crippen LogP contribution in [0.1, 0.15) is 33.6 Å². The summed E-state index contributed by atoms with van der Waals surface area (Å²) in [4.78, 5) is 27.7. The lowest BCUT2D eigenvalue weighted by Gasteiger charge is -2.36. The Morgan fingerprint density at radius 1 is 1.10 bits per heavy atom. The summed E-state index contributed by atoms with van der Waals surface area (Å²) >= 11 is 0. The van der Waals surface area contributed by atoms with Crippen LogP contribution in [0.4, 0.5) is 4.79 Å². The van der Waals surface area contributed by atoms with Crippen molar-refractivity contribution in [2.75, 3.05) is 32.7 Å². The molecule has 6 heteroatoms. The number of rotatable bonds is 1. The van der Waals surface area contributed by atoms with Gasteiger partial charge in [-0.15, -0.1) is 0 Å². The van der Waals surface area contributed by atoms with Crippen LogP contribution in [0.25, 0.3) is 0 Å². The van der Waals surface area contributed by atoms with Crippen LogP contribution < -0.4 is 5.32 Å². The number of carbonyl (C=O) groups excluding carboxylic acids is 2. The van der Waals surface area contributed by atoms with Gasteiger partial charge in [0.05, 0.1) is 6.04 Å². The van der Waals surface area contributed by atoms with Crippen LogP contribution >= 0.6 is 0 Å². The fraction of sp³-hybridized carbons (Fsp3) is 0.857. The Hall–Kier alpha value is -1.30. The van der Waals surface area contributed by atoms with Gasteiger partial charge in [-0.3, -0.25) is 4.79 Å². The van der Waals surface area contributed by atoms with E-state index in [1.54, 1.807) is 4.90 Å². The molecule has 2 aliphatic heterocycles. The molecule has 1 N–H and O–H groups in total. The Balaban J connectivity index is 1.80. The van der Waals surface area contributed by atoms with E-state index >= 15 is 0 Å². The van der Waals surface area contributed by atoms with Crippen molar-refractivity contribution < 1.29 is 14.3 Å². The lowest BCUT2D eigenvalue weighted by Crippen LogP contribution is -2.54. The monoisotopic (exact) mass is 283 g/mol. The van der Waals surface area contributed by atoms with Gasteiger partial charge in [0.15, 0.2) is 0 Å². The van der Waals surface area contributed by atoms with E-state index in [2.05, 4.69) is 5.32 Å². The van der Waals surface area contributed by atoms with Crippen molar-refractivity contribution in [2.45, 2.75) is 45.3 Å². The molecule has 2 heterocycles. The standard InChI is InChI=1S/C14H25N3O3/c1-14(2,3)20-13(19)17-9-7-16(8-10-17)12(18)11-5-4-6-15-11/h11,15H,4-10H2,1-3H3. The number of nitrogens with zero attached hydrogens (tertiary/aromatic N) is 2. The third-order valence-corrected chi connectivity index (χ3v) is 3.60. The molecule has 2 aliphatic rings. The zero-order valence-electron chi connectivity index (χ0n) is 12.6. The minimum atomic E-state index is -0.474. The Morgan fingerprint density at radius 3 is 2.20 bits per heavy atom. The van der Waals surface area contributed by atoms with Gasteiger partial charge in [0.2, 0.25) is 5.91 Å². The summed E-state index contributed by atoms with van der Waals surface area (Å²) in [6.07, 6.45) is 1.70. The quantitative estimate of drug-likeness (QED) is 0.774. The van der Waals surface area contributed by atoms with E-state index in [0.29, 0.717) is 26.2 Å². The largest absolute Gasteiger partial charge is 0.444 e. The number of carbonyl (C=O) groups is 2. The van der Waals surface area contributed by atoms with Crippen molar-refractivity contribution in [2.24, 2.45) is 0 Å². The molecular formula is C14H25N3O3. The minimum absolute atomic E-state index is 0.0249. The Morgan fingerprint density at radius 2 is 1.70 bits per heavy atom. The highest BCUT2D eigenvalue weighted by atomic mass is 16.6. The van der Waals surface area contributed by atoms with Gasteiger partial charge in [-0.2, -0.15) is 0 Å². The number of nitrogens with one attached hydrogen (secondary N) is 1. The summed E-state index contributed by atoms with van der Waals surface area (Å²) in [5, 5.41) is 3.22. The first-order valence-electron chi connectivity index (χ1n) is 7.37. The number of ether oxygens (including phenoxy) is 1. The van der Waals surface area contributed by atoms with E-state index in [0.717, 1.165) is 19.4 Å². The van der Waals surface area contributed by atoms with Crippen LogP contribution in [0.2, 0.25) is 0 Å². The Bertz CT molecular complexity index is 364. The molecular weight excluding hydrogens is 258 g/mol. The fourth-order valence-corrected chi connectivity index (χ4v) is 2.55. The summed E-state index contributed by atoms with van der Waals surface area (Å²) < 4.78 is 5.34. The molecule has 0 radical (unpaired) electrons. The predicted molar refractivity (Wildman–Crippen MR) is 75.4 cm³/mol. The van der Waals surface area contributed by atoms with Crippen LogP contribution in [-0.4, -0.2) is 66.2 Å². The molecule has 0 aromatic carbocycles. The summed E-state index contributed by atoms with van der Waals surface area (Å²) in [5.41, 5.74) is -0.474. The van der Waals surface area contributed by atoms with E-state index in [1.807, 2.05) is 25.7 Å². The van der Waals surface area contributed by atoms with E-state index < -0.39 is 5.60 Å². The number of hydrogen-bond donors (Lipinski definition) is 1. The highest BCUT2D eigenvalue weighted by Crippen LogP contribution is 2.14. The second-order valence-electron chi connectivity index (χ2n) is 6.44.